The summed E-state index contributed by atoms with van der Waals surface area (Å²) in [5.41, 5.74) is 1.46. The number of ketones is 1. The second-order valence-electron chi connectivity index (χ2n) is 4.47. The maximum Gasteiger partial charge on any atom is 0.267 e. The quantitative estimate of drug-likeness (QED) is 0.616. The number of rotatable bonds is 2. The number of amides is 2. The van der Waals surface area contributed by atoms with Crippen molar-refractivity contribution in [2.45, 2.75) is 6.92 Å². The number of carbonyl (C=O) groups is 3. The number of imide groups is 1. The monoisotopic (exact) mass is 266 g/mol. The second-order valence-corrected chi connectivity index (χ2v) is 4.47. The van der Waals surface area contributed by atoms with Gasteiger partial charge in [0.1, 0.15) is 0 Å². The fourth-order valence-electron chi connectivity index (χ4n) is 2.18. The Bertz CT molecular complexity index is 717. The van der Waals surface area contributed by atoms with Gasteiger partial charge < -0.3 is 0 Å². The maximum absolute atomic E-state index is 12.3. The Morgan fingerprint density at radius 1 is 1.10 bits per heavy atom. The van der Waals surface area contributed by atoms with Crippen LogP contribution < -0.4 is 4.90 Å². The average molecular weight is 266 g/mol. The van der Waals surface area contributed by atoms with Crippen molar-refractivity contribution in [2.24, 2.45) is 0 Å². The molecule has 1 aliphatic rings. The van der Waals surface area contributed by atoms with Gasteiger partial charge in [0.2, 0.25) is 0 Å². The molecule has 2 amide bonds. The molecule has 1 aromatic heterocycles. The van der Waals surface area contributed by atoms with Gasteiger partial charge in [0.15, 0.2) is 5.78 Å². The van der Waals surface area contributed by atoms with Crippen LogP contribution >= 0.6 is 0 Å². The highest BCUT2D eigenvalue weighted by Gasteiger charge is 2.36. The van der Waals surface area contributed by atoms with Crippen LogP contribution in [0.5, 0.6) is 0 Å². The molecule has 0 saturated heterocycles. The van der Waals surface area contributed by atoms with Crippen molar-refractivity contribution in [1.29, 1.82) is 0 Å². The van der Waals surface area contributed by atoms with E-state index in [1.54, 1.807) is 18.2 Å². The summed E-state index contributed by atoms with van der Waals surface area (Å²) in [6.07, 6.45) is 2.85. The minimum absolute atomic E-state index is 0.120. The lowest BCUT2D eigenvalue weighted by molar-refractivity contribution is 0.0923. The molecule has 0 unspecified atom stereocenters. The van der Waals surface area contributed by atoms with Crippen molar-refractivity contribution in [3.63, 3.8) is 0 Å². The number of aromatic nitrogens is 1. The summed E-state index contributed by atoms with van der Waals surface area (Å²) in [6, 6.07) is 7.98. The molecule has 0 N–H and O–H groups in total. The van der Waals surface area contributed by atoms with E-state index in [0.717, 1.165) is 4.90 Å². The van der Waals surface area contributed by atoms with Crippen LogP contribution in [-0.2, 0) is 0 Å². The van der Waals surface area contributed by atoms with E-state index in [1.807, 2.05) is 0 Å². The third-order valence-electron chi connectivity index (χ3n) is 3.20. The predicted octanol–water partition coefficient (Wildman–Crippen LogP) is 2.08. The van der Waals surface area contributed by atoms with E-state index >= 15 is 0 Å². The van der Waals surface area contributed by atoms with Gasteiger partial charge in [0.05, 0.1) is 16.8 Å². The third kappa shape index (κ3) is 1.72. The Hall–Kier alpha value is -2.82. The molecule has 5 heteroatoms. The molecule has 0 saturated carbocycles. The fraction of sp³-hybridized carbons (Fsp3) is 0.0667. The number of benzene rings is 1. The predicted molar refractivity (Wildman–Crippen MR) is 71.8 cm³/mol. The zero-order valence-electron chi connectivity index (χ0n) is 10.7. The number of fused-ring (bicyclic) bond motifs is 1. The largest absolute Gasteiger partial charge is 0.295 e. The topological polar surface area (TPSA) is 67.3 Å². The van der Waals surface area contributed by atoms with Gasteiger partial charge in [-0.2, -0.15) is 0 Å². The molecule has 0 fully saturated rings. The number of nitrogens with zero attached hydrogens (tertiary/aromatic N) is 2. The minimum atomic E-state index is -0.418. The first-order valence-corrected chi connectivity index (χ1v) is 6.03. The van der Waals surface area contributed by atoms with Crippen molar-refractivity contribution in [2.75, 3.05) is 4.90 Å². The molecule has 0 atom stereocenters. The first-order chi connectivity index (χ1) is 9.59. The molecule has 0 radical (unpaired) electrons. The van der Waals surface area contributed by atoms with Crippen LogP contribution in [0.3, 0.4) is 0 Å². The van der Waals surface area contributed by atoms with Gasteiger partial charge in [-0.1, -0.05) is 12.1 Å². The summed E-state index contributed by atoms with van der Waals surface area (Å²) in [5.74, 6) is -0.933. The molecule has 98 valence electrons. The minimum Gasteiger partial charge on any atom is -0.295 e. The molecule has 2 aromatic rings. The Morgan fingerprint density at radius 3 is 2.55 bits per heavy atom. The Balaban J connectivity index is 2.09. The van der Waals surface area contributed by atoms with Crippen LogP contribution in [0.15, 0.2) is 42.7 Å². The van der Waals surface area contributed by atoms with E-state index in [1.165, 1.54) is 31.5 Å². The lowest BCUT2D eigenvalue weighted by Gasteiger charge is -2.14. The lowest BCUT2D eigenvalue weighted by atomic mass is 10.1. The highest BCUT2D eigenvalue weighted by atomic mass is 16.2. The Morgan fingerprint density at radius 2 is 1.85 bits per heavy atom. The van der Waals surface area contributed by atoms with Crippen LogP contribution in [0.25, 0.3) is 0 Å². The van der Waals surface area contributed by atoms with E-state index < -0.39 is 11.8 Å². The van der Waals surface area contributed by atoms with Crippen molar-refractivity contribution >= 4 is 23.3 Å². The lowest BCUT2D eigenvalue weighted by Crippen LogP contribution is -2.29. The highest BCUT2D eigenvalue weighted by Crippen LogP contribution is 2.28. The SMILES string of the molecule is CC(=O)c1cccc(N2C(=O)c3ccncc3C2=O)c1. The molecule has 2 heterocycles. The van der Waals surface area contributed by atoms with Gasteiger partial charge in [-0.05, 0) is 25.1 Å². The van der Waals surface area contributed by atoms with Crippen LogP contribution in [0.2, 0.25) is 0 Å². The highest BCUT2D eigenvalue weighted by molar-refractivity contribution is 6.34. The van der Waals surface area contributed by atoms with Gasteiger partial charge in [-0.3, -0.25) is 19.4 Å². The van der Waals surface area contributed by atoms with E-state index in [9.17, 15) is 14.4 Å². The molecule has 3 rings (SSSR count). The molecule has 5 nitrogen and oxygen atoms in total. The number of hydrogen-bond donors (Lipinski definition) is 0. The van der Waals surface area contributed by atoms with Crippen LogP contribution in [0.1, 0.15) is 38.0 Å². The van der Waals surface area contributed by atoms with Gasteiger partial charge in [0.25, 0.3) is 11.8 Å². The smallest absolute Gasteiger partial charge is 0.267 e. The molecule has 0 spiro atoms. The van der Waals surface area contributed by atoms with Gasteiger partial charge in [-0.25, -0.2) is 4.90 Å². The second kappa shape index (κ2) is 4.38. The van der Waals surface area contributed by atoms with Crippen LogP contribution in [0, 0.1) is 0 Å². The Kier molecular flexibility index (Phi) is 2.68. The first kappa shape index (κ1) is 12.2. The zero-order chi connectivity index (χ0) is 14.3. The zero-order valence-corrected chi connectivity index (χ0v) is 10.7. The van der Waals surface area contributed by atoms with Crippen molar-refractivity contribution in [3.05, 3.63) is 59.4 Å². The third-order valence-corrected chi connectivity index (χ3v) is 3.20. The van der Waals surface area contributed by atoms with Crippen LogP contribution in [-0.4, -0.2) is 22.6 Å². The number of pyridine rings is 1. The average Bonchev–Trinajstić information content (AvgIpc) is 2.72. The number of Topliss-reactive ketones (excluding diaryl/α,β-unsaturated/α-hetero) is 1. The van der Waals surface area contributed by atoms with E-state index in [-0.39, 0.29) is 11.3 Å². The molecule has 0 aliphatic carbocycles. The van der Waals surface area contributed by atoms with E-state index in [4.69, 9.17) is 0 Å². The Labute approximate surface area is 114 Å². The van der Waals surface area contributed by atoms with Crippen LogP contribution in [0.4, 0.5) is 5.69 Å². The van der Waals surface area contributed by atoms with Crippen molar-refractivity contribution < 1.29 is 14.4 Å². The van der Waals surface area contributed by atoms with Crippen molar-refractivity contribution in [3.8, 4) is 0 Å². The maximum atomic E-state index is 12.3. The summed E-state index contributed by atoms with van der Waals surface area (Å²) in [7, 11) is 0. The summed E-state index contributed by atoms with van der Waals surface area (Å²) in [6.45, 7) is 1.44. The summed E-state index contributed by atoms with van der Waals surface area (Å²) < 4.78 is 0. The van der Waals surface area contributed by atoms with Gasteiger partial charge in [0, 0.05) is 18.0 Å². The van der Waals surface area contributed by atoms with E-state index in [2.05, 4.69) is 4.98 Å². The summed E-state index contributed by atoms with van der Waals surface area (Å²) in [5, 5.41) is 0. The number of carbonyl (C=O) groups excluding carboxylic acids is 3. The van der Waals surface area contributed by atoms with E-state index in [0.29, 0.717) is 16.8 Å². The molecular weight excluding hydrogens is 256 g/mol. The summed E-state index contributed by atoms with van der Waals surface area (Å²) >= 11 is 0. The van der Waals surface area contributed by atoms with Gasteiger partial charge in [-0.15, -0.1) is 0 Å². The standard InChI is InChI=1S/C15H10N2O3/c1-9(18)10-3-2-4-11(7-10)17-14(19)12-5-6-16-8-13(12)15(17)20/h2-8H,1H3. The summed E-state index contributed by atoms with van der Waals surface area (Å²) in [4.78, 5) is 40.9. The van der Waals surface area contributed by atoms with Gasteiger partial charge >= 0.3 is 0 Å². The number of hydrogen-bond acceptors (Lipinski definition) is 4. The molecule has 1 aliphatic heterocycles. The fourth-order valence-corrected chi connectivity index (χ4v) is 2.18. The number of anilines is 1. The van der Waals surface area contributed by atoms with Crippen molar-refractivity contribution in [1.82, 2.24) is 4.98 Å². The normalized spacial score (nSPS) is 13.6. The first-order valence-electron chi connectivity index (χ1n) is 6.03. The molecular formula is C15H10N2O3. The molecule has 0 bridgehead atoms. The molecule has 1 aromatic carbocycles. The molecule has 20 heavy (non-hydrogen) atoms.